The molecular formula is C30H35FN6O3. The summed E-state index contributed by atoms with van der Waals surface area (Å²) in [4.78, 5) is 39.3. The number of anilines is 2. The van der Waals surface area contributed by atoms with Crippen LogP contribution in [-0.4, -0.2) is 62.0 Å². The van der Waals surface area contributed by atoms with E-state index in [-0.39, 0.29) is 29.7 Å². The molecular weight excluding hydrogens is 511 g/mol. The average Bonchev–Trinajstić information content (AvgIpc) is 3.22. The Morgan fingerprint density at radius 1 is 1.00 bits per heavy atom. The Balaban J connectivity index is 1.44. The van der Waals surface area contributed by atoms with E-state index in [1.54, 1.807) is 34.7 Å². The maximum atomic E-state index is 14.6. The molecule has 1 aliphatic rings. The first-order valence-corrected chi connectivity index (χ1v) is 13.4. The molecule has 2 atom stereocenters. The van der Waals surface area contributed by atoms with Crippen molar-refractivity contribution >= 4 is 39.9 Å². The highest BCUT2D eigenvalue weighted by Gasteiger charge is 2.36. The van der Waals surface area contributed by atoms with Crippen molar-refractivity contribution in [1.29, 1.82) is 0 Å². The van der Waals surface area contributed by atoms with Gasteiger partial charge in [-0.3, -0.25) is 14.7 Å². The summed E-state index contributed by atoms with van der Waals surface area (Å²) < 4.78 is 21.8. The number of nitrogens with one attached hydrogen (secondary N) is 1. The molecule has 1 saturated heterocycles. The van der Waals surface area contributed by atoms with E-state index in [1.807, 2.05) is 59.7 Å². The van der Waals surface area contributed by atoms with E-state index in [0.717, 1.165) is 16.8 Å². The molecule has 5 rings (SSSR count). The molecule has 0 spiro atoms. The van der Waals surface area contributed by atoms with Crippen molar-refractivity contribution in [2.75, 3.05) is 23.3 Å². The second-order valence-electron chi connectivity index (χ2n) is 11.6. The van der Waals surface area contributed by atoms with Gasteiger partial charge >= 0.3 is 6.09 Å². The van der Waals surface area contributed by atoms with Gasteiger partial charge in [-0.05, 0) is 72.7 Å². The average molecular weight is 547 g/mol. The lowest BCUT2D eigenvalue weighted by Crippen LogP contribution is -2.59. The van der Waals surface area contributed by atoms with Gasteiger partial charge in [-0.25, -0.2) is 14.2 Å². The molecule has 1 fully saturated rings. The van der Waals surface area contributed by atoms with E-state index in [1.165, 1.54) is 6.07 Å². The molecule has 3 aromatic heterocycles. The zero-order valence-corrected chi connectivity index (χ0v) is 23.9. The van der Waals surface area contributed by atoms with Crippen molar-refractivity contribution in [2.45, 2.75) is 66.2 Å². The van der Waals surface area contributed by atoms with Gasteiger partial charge < -0.3 is 19.4 Å². The molecule has 0 bridgehead atoms. The third kappa shape index (κ3) is 5.30. The number of hydrogen-bond acceptors (Lipinski definition) is 6. The van der Waals surface area contributed by atoms with Gasteiger partial charge in [-0.1, -0.05) is 0 Å². The number of rotatable bonds is 3. The van der Waals surface area contributed by atoms with E-state index in [4.69, 9.17) is 9.72 Å². The molecule has 4 heterocycles. The number of halogens is 1. The number of nitrogens with zero attached hydrogens (tertiary/aromatic N) is 5. The number of carbonyl (C=O) groups is 2. The number of benzene rings is 1. The smallest absolute Gasteiger partial charge is 0.410 e. The maximum absolute atomic E-state index is 14.6. The Morgan fingerprint density at radius 3 is 2.38 bits per heavy atom. The van der Waals surface area contributed by atoms with Gasteiger partial charge in [-0.2, -0.15) is 0 Å². The molecule has 0 unspecified atom stereocenters. The number of hydrogen-bond donors (Lipinski definition) is 1. The second kappa shape index (κ2) is 10.1. The minimum Gasteiger partial charge on any atom is -0.444 e. The zero-order valence-electron chi connectivity index (χ0n) is 23.9. The number of carbonyl (C=O) groups excluding carboxylic acids is 2. The monoisotopic (exact) mass is 546 g/mol. The third-order valence-electron chi connectivity index (χ3n) is 6.97. The van der Waals surface area contributed by atoms with Gasteiger partial charge in [0.2, 0.25) is 0 Å². The van der Waals surface area contributed by atoms with Crippen molar-refractivity contribution in [3.05, 3.63) is 65.5 Å². The van der Waals surface area contributed by atoms with Crippen LogP contribution in [0.1, 0.15) is 56.4 Å². The fourth-order valence-corrected chi connectivity index (χ4v) is 5.40. The lowest BCUT2D eigenvalue weighted by Gasteiger charge is -2.45. The van der Waals surface area contributed by atoms with Crippen molar-refractivity contribution in [3.8, 4) is 0 Å². The van der Waals surface area contributed by atoms with Crippen molar-refractivity contribution in [2.24, 2.45) is 0 Å². The number of pyridine rings is 2. The summed E-state index contributed by atoms with van der Waals surface area (Å²) in [5.41, 5.74) is 3.29. The van der Waals surface area contributed by atoms with Crippen LogP contribution in [0.5, 0.6) is 0 Å². The lowest BCUT2D eigenvalue weighted by atomic mass is 10.0. The van der Waals surface area contributed by atoms with E-state index < -0.39 is 11.4 Å². The summed E-state index contributed by atoms with van der Waals surface area (Å²) in [6, 6.07) is 8.65. The summed E-state index contributed by atoms with van der Waals surface area (Å²) in [7, 11) is 0. The van der Waals surface area contributed by atoms with Crippen LogP contribution < -0.4 is 10.2 Å². The van der Waals surface area contributed by atoms with Crippen LogP contribution in [-0.2, 0) is 4.74 Å². The Hall–Kier alpha value is -4.21. The van der Waals surface area contributed by atoms with Gasteiger partial charge in [0.05, 0.1) is 34.5 Å². The summed E-state index contributed by atoms with van der Waals surface area (Å²) in [6.07, 6.45) is 3.02. The van der Waals surface area contributed by atoms with Gasteiger partial charge in [0.1, 0.15) is 5.60 Å². The highest BCUT2D eigenvalue weighted by Crippen LogP contribution is 2.32. The molecule has 10 heteroatoms. The molecule has 4 aromatic rings. The van der Waals surface area contributed by atoms with Crippen molar-refractivity contribution < 1.29 is 18.7 Å². The fraction of sp³-hybridized carbons (Fsp3) is 0.400. The normalized spacial score (nSPS) is 17.9. The number of ether oxygens (including phenoxy) is 1. The van der Waals surface area contributed by atoms with Crippen LogP contribution >= 0.6 is 0 Å². The number of amides is 2. The fourth-order valence-electron chi connectivity index (χ4n) is 5.40. The first-order chi connectivity index (χ1) is 18.8. The molecule has 0 radical (unpaired) electrons. The van der Waals surface area contributed by atoms with Crippen molar-refractivity contribution in [1.82, 2.24) is 19.3 Å². The molecule has 1 aromatic carbocycles. The molecule has 2 amide bonds. The topological polar surface area (TPSA) is 92.1 Å². The van der Waals surface area contributed by atoms with Crippen LogP contribution in [0.3, 0.4) is 0 Å². The van der Waals surface area contributed by atoms with E-state index in [2.05, 4.69) is 15.2 Å². The zero-order chi connectivity index (χ0) is 28.9. The van der Waals surface area contributed by atoms with E-state index >= 15 is 0 Å². The highest BCUT2D eigenvalue weighted by molar-refractivity contribution is 6.14. The summed E-state index contributed by atoms with van der Waals surface area (Å²) in [6.45, 7) is 14.5. The van der Waals surface area contributed by atoms with Gasteiger partial charge in [0, 0.05) is 48.3 Å². The third-order valence-corrected chi connectivity index (χ3v) is 6.97. The SMILES string of the molecule is Cc1ccc2c(N3C[C@@H](C)N(C(=O)OC(C)(C)C)[C@@H](C)C3)ccc(C(=O)Nc3cc(F)c4nc(C)cn4c3)c2n1. The molecule has 40 heavy (non-hydrogen) atoms. The van der Waals surface area contributed by atoms with Crippen LogP contribution in [0.4, 0.5) is 20.6 Å². The highest BCUT2D eigenvalue weighted by atomic mass is 19.1. The second-order valence-corrected chi connectivity index (χ2v) is 11.6. The Labute approximate surface area is 233 Å². The Morgan fingerprint density at radius 2 is 1.70 bits per heavy atom. The Kier molecular flexibility index (Phi) is 6.89. The van der Waals surface area contributed by atoms with Crippen LogP contribution in [0.15, 0.2) is 42.7 Å². The molecule has 210 valence electrons. The summed E-state index contributed by atoms with van der Waals surface area (Å²) in [5.74, 6) is -0.907. The molecule has 0 saturated carbocycles. The predicted molar refractivity (Wildman–Crippen MR) is 154 cm³/mol. The van der Waals surface area contributed by atoms with Crippen LogP contribution in [0.2, 0.25) is 0 Å². The van der Waals surface area contributed by atoms with Crippen LogP contribution in [0, 0.1) is 19.7 Å². The lowest BCUT2D eigenvalue weighted by molar-refractivity contribution is 0.00567. The standard InChI is InChI=1S/C30H35FN6O3/c1-17-8-9-22-25(35-14-19(3)37(20(4)15-35)29(39)40-30(5,6)7)11-10-23(26(22)32-17)28(38)34-21-12-24(31)27-33-18(2)13-36(27)16-21/h8-13,16,19-20H,14-15H2,1-7H3,(H,34,38)/t19-,20+. The van der Waals surface area contributed by atoms with E-state index in [0.29, 0.717) is 35.6 Å². The van der Waals surface area contributed by atoms with E-state index in [9.17, 15) is 14.0 Å². The quantitative estimate of drug-likeness (QED) is 0.353. The molecule has 1 N–H and O–H groups in total. The summed E-state index contributed by atoms with van der Waals surface area (Å²) in [5, 5.41) is 3.65. The minimum atomic E-state index is -0.570. The van der Waals surface area contributed by atoms with Crippen molar-refractivity contribution in [3.63, 3.8) is 0 Å². The number of aryl methyl sites for hydroxylation is 2. The number of imidazole rings is 1. The number of fused-ring (bicyclic) bond motifs is 2. The maximum Gasteiger partial charge on any atom is 0.410 e. The largest absolute Gasteiger partial charge is 0.444 e. The molecule has 0 aliphatic carbocycles. The number of aromatic nitrogens is 3. The first-order valence-electron chi connectivity index (χ1n) is 13.4. The van der Waals surface area contributed by atoms with Gasteiger partial charge in [-0.15, -0.1) is 0 Å². The molecule has 9 nitrogen and oxygen atoms in total. The first kappa shape index (κ1) is 27.4. The van der Waals surface area contributed by atoms with Gasteiger partial charge in [0.25, 0.3) is 5.91 Å². The van der Waals surface area contributed by atoms with Crippen LogP contribution in [0.25, 0.3) is 16.6 Å². The molecule has 1 aliphatic heterocycles. The minimum absolute atomic E-state index is 0.0911. The summed E-state index contributed by atoms with van der Waals surface area (Å²) >= 11 is 0. The number of piperazine rings is 1. The Bertz CT molecular complexity index is 1610. The predicted octanol–water partition coefficient (Wildman–Crippen LogP) is 5.72. The van der Waals surface area contributed by atoms with Gasteiger partial charge in [0.15, 0.2) is 11.5 Å².